The molecule has 1 rings (SSSR count). The zero-order valence-corrected chi connectivity index (χ0v) is 7.83. The summed E-state index contributed by atoms with van der Waals surface area (Å²) < 4.78 is 0. The third-order valence-corrected chi connectivity index (χ3v) is 1.84. The molecule has 0 aliphatic heterocycles. The molecule has 0 amide bonds. The number of nitrogens with zero attached hydrogens (tertiary/aromatic N) is 1. The van der Waals surface area contributed by atoms with Crippen molar-refractivity contribution in [2.24, 2.45) is 0 Å². The van der Waals surface area contributed by atoms with E-state index >= 15 is 0 Å². The van der Waals surface area contributed by atoms with Crippen LogP contribution < -0.4 is 0 Å². The van der Waals surface area contributed by atoms with Crippen LogP contribution in [0.5, 0.6) is 0 Å². The van der Waals surface area contributed by atoms with Crippen molar-refractivity contribution >= 4 is 0 Å². The van der Waals surface area contributed by atoms with Gasteiger partial charge in [-0.05, 0) is 30.5 Å². The number of hydrogen-bond acceptors (Lipinski definition) is 1. The van der Waals surface area contributed by atoms with E-state index in [-0.39, 0.29) is 0 Å². The van der Waals surface area contributed by atoms with Crippen LogP contribution in [0.15, 0.2) is 36.4 Å². The molecule has 1 aromatic rings. The molecule has 0 aromatic heterocycles. The Morgan fingerprint density at radius 3 is 2.46 bits per heavy atom. The third kappa shape index (κ3) is 3.13. The highest BCUT2D eigenvalue weighted by atomic mass is 14.2. The number of allylic oxidation sites excluding steroid dienone is 2. The Morgan fingerprint density at radius 1 is 1.23 bits per heavy atom. The van der Waals surface area contributed by atoms with Crippen molar-refractivity contribution in [1.82, 2.24) is 0 Å². The van der Waals surface area contributed by atoms with Gasteiger partial charge in [0.05, 0.1) is 11.6 Å². The molecule has 1 nitrogen and oxygen atoms in total. The smallest absolute Gasteiger partial charge is 0.0991 e. The van der Waals surface area contributed by atoms with E-state index in [1.807, 2.05) is 24.3 Å². The van der Waals surface area contributed by atoms with Crippen LogP contribution in [-0.4, -0.2) is 0 Å². The topological polar surface area (TPSA) is 23.8 Å². The predicted octanol–water partition coefficient (Wildman–Crippen LogP) is 3.07. The van der Waals surface area contributed by atoms with Crippen LogP contribution in [-0.2, 0) is 6.42 Å². The summed E-state index contributed by atoms with van der Waals surface area (Å²) >= 11 is 0. The fourth-order valence-corrected chi connectivity index (χ4v) is 1.10. The molecular weight excluding hydrogens is 158 g/mol. The van der Waals surface area contributed by atoms with Crippen LogP contribution in [0.1, 0.15) is 24.5 Å². The Hall–Kier alpha value is -1.55. The largest absolute Gasteiger partial charge is 0.192 e. The highest BCUT2D eigenvalue weighted by molar-refractivity contribution is 5.32. The third-order valence-electron chi connectivity index (χ3n) is 1.84. The standard InChI is InChI=1S/C12H13N/c1-2-3-4-5-11-6-8-12(10-13)9-7-11/h3-4,6-9H,2,5H2,1H3/b4-3+. The first-order chi connectivity index (χ1) is 6.36. The average Bonchev–Trinajstić information content (AvgIpc) is 2.19. The van der Waals surface area contributed by atoms with E-state index < -0.39 is 0 Å². The Kier molecular flexibility index (Phi) is 3.78. The van der Waals surface area contributed by atoms with Crippen LogP contribution in [0, 0.1) is 11.3 Å². The highest BCUT2D eigenvalue weighted by Gasteiger charge is 1.90. The molecule has 0 aliphatic carbocycles. The molecule has 66 valence electrons. The molecule has 0 aliphatic rings. The molecule has 0 saturated heterocycles. The van der Waals surface area contributed by atoms with Gasteiger partial charge in [-0.15, -0.1) is 0 Å². The first-order valence-corrected chi connectivity index (χ1v) is 4.51. The van der Waals surface area contributed by atoms with Gasteiger partial charge in [-0.1, -0.05) is 31.2 Å². The summed E-state index contributed by atoms with van der Waals surface area (Å²) in [5.41, 5.74) is 1.98. The minimum Gasteiger partial charge on any atom is -0.192 e. The van der Waals surface area contributed by atoms with Crippen LogP contribution in [0.3, 0.4) is 0 Å². The summed E-state index contributed by atoms with van der Waals surface area (Å²) in [7, 11) is 0. The number of rotatable bonds is 3. The fourth-order valence-electron chi connectivity index (χ4n) is 1.10. The quantitative estimate of drug-likeness (QED) is 0.641. The summed E-state index contributed by atoms with van der Waals surface area (Å²) in [5, 5.41) is 8.58. The summed E-state index contributed by atoms with van der Waals surface area (Å²) in [6, 6.07) is 9.81. The Morgan fingerprint density at radius 2 is 1.92 bits per heavy atom. The number of benzene rings is 1. The molecule has 0 heterocycles. The molecule has 0 unspecified atom stereocenters. The van der Waals surface area contributed by atoms with Crippen molar-refractivity contribution in [2.45, 2.75) is 19.8 Å². The zero-order chi connectivity index (χ0) is 9.52. The lowest BCUT2D eigenvalue weighted by Gasteiger charge is -1.95. The van der Waals surface area contributed by atoms with E-state index in [9.17, 15) is 0 Å². The molecule has 1 aromatic carbocycles. The van der Waals surface area contributed by atoms with Gasteiger partial charge in [0.2, 0.25) is 0 Å². The van der Waals surface area contributed by atoms with Crippen molar-refractivity contribution in [2.75, 3.05) is 0 Å². The normalized spacial score (nSPS) is 10.2. The summed E-state index contributed by atoms with van der Waals surface area (Å²) in [6.07, 6.45) is 6.34. The van der Waals surface area contributed by atoms with Crippen molar-refractivity contribution in [1.29, 1.82) is 5.26 Å². The maximum Gasteiger partial charge on any atom is 0.0991 e. The van der Waals surface area contributed by atoms with Gasteiger partial charge >= 0.3 is 0 Å². The van der Waals surface area contributed by atoms with Gasteiger partial charge in [0.1, 0.15) is 0 Å². The number of nitriles is 1. The van der Waals surface area contributed by atoms with E-state index in [0.717, 1.165) is 18.4 Å². The second kappa shape index (κ2) is 5.16. The van der Waals surface area contributed by atoms with Gasteiger partial charge < -0.3 is 0 Å². The van der Waals surface area contributed by atoms with Crippen molar-refractivity contribution in [3.8, 4) is 6.07 Å². The van der Waals surface area contributed by atoms with Gasteiger partial charge in [0, 0.05) is 0 Å². The lowest BCUT2D eigenvalue weighted by molar-refractivity contribution is 1.18. The van der Waals surface area contributed by atoms with Crippen LogP contribution in [0.2, 0.25) is 0 Å². The molecule has 0 fully saturated rings. The van der Waals surface area contributed by atoms with Gasteiger partial charge in [-0.25, -0.2) is 0 Å². The van der Waals surface area contributed by atoms with Gasteiger partial charge in [0.15, 0.2) is 0 Å². The molecule has 0 atom stereocenters. The van der Waals surface area contributed by atoms with Gasteiger partial charge in [-0.3, -0.25) is 0 Å². The van der Waals surface area contributed by atoms with Crippen molar-refractivity contribution in [3.05, 3.63) is 47.5 Å². The zero-order valence-electron chi connectivity index (χ0n) is 7.83. The molecule has 0 spiro atoms. The Labute approximate surface area is 79.3 Å². The highest BCUT2D eigenvalue weighted by Crippen LogP contribution is 2.04. The van der Waals surface area contributed by atoms with E-state index in [1.54, 1.807) is 0 Å². The lowest BCUT2D eigenvalue weighted by Crippen LogP contribution is -1.81. The SMILES string of the molecule is CC/C=C/Cc1ccc(C#N)cc1. The Bertz CT molecular complexity index is 314. The van der Waals surface area contributed by atoms with Crippen molar-refractivity contribution < 1.29 is 0 Å². The van der Waals surface area contributed by atoms with E-state index in [2.05, 4.69) is 25.1 Å². The number of hydrogen-bond donors (Lipinski definition) is 0. The summed E-state index contributed by atoms with van der Waals surface area (Å²) in [6.45, 7) is 2.12. The maximum atomic E-state index is 8.58. The summed E-state index contributed by atoms with van der Waals surface area (Å²) in [5.74, 6) is 0. The lowest BCUT2D eigenvalue weighted by atomic mass is 10.1. The molecule has 13 heavy (non-hydrogen) atoms. The van der Waals surface area contributed by atoms with Crippen molar-refractivity contribution in [3.63, 3.8) is 0 Å². The van der Waals surface area contributed by atoms with E-state index in [0.29, 0.717) is 0 Å². The van der Waals surface area contributed by atoms with E-state index in [1.165, 1.54) is 5.56 Å². The summed E-state index contributed by atoms with van der Waals surface area (Å²) in [4.78, 5) is 0. The Balaban J connectivity index is 2.60. The molecule has 1 heteroatoms. The van der Waals surface area contributed by atoms with Gasteiger partial charge in [-0.2, -0.15) is 5.26 Å². The monoisotopic (exact) mass is 171 g/mol. The molecule has 0 radical (unpaired) electrons. The van der Waals surface area contributed by atoms with Crippen LogP contribution >= 0.6 is 0 Å². The molecule has 0 bridgehead atoms. The first kappa shape index (κ1) is 9.54. The average molecular weight is 171 g/mol. The minimum absolute atomic E-state index is 0.725. The van der Waals surface area contributed by atoms with Crippen LogP contribution in [0.25, 0.3) is 0 Å². The fraction of sp³-hybridized carbons (Fsp3) is 0.250. The molecule has 0 N–H and O–H groups in total. The second-order valence-corrected chi connectivity index (χ2v) is 2.89. The van der Waals surface area contributed by atoms with Gasteiger partial charge in [0.25, 0.3) is 0 Å². The first-order valence-electron chi connectivity index (χ1n) is 4.51. The molecular formula is C12H13N. The maximum absolute atomic E-state index is 8.58. The molecule has 0 saturated carbocycles. The predicted molar refractivity (Wildman–Crippen MR) is 54.3 cm³/mol. The minimum atomic E-state index is 0.725. The second-order valence-electron chi connectivity index (χ2n) is 2.89. The van der Waals surface area contributed by atoms with Crippen LogP contribution in [0.4, 0.5) is 0 Å². The van der Waals surface area contributed by atoms with E-state index in [4.69, 9.17) is 5.26 Å².